The van der Waals surface area contributed by atoms with Gasteiger partial charge >= 0.3 is 0 Å². The Morgan fingerprint density at radius 2 is 1.88 bits per heavy atom. The number of carbonyl (C=O) groups is 1. The highest BCUT2D eigenvalue weighted by atomic mass is 19.1. The predicted molar refractivity (Wildman–Crippen MR) is 92.4 cm³/mol. The predicted octanol–water partition coefficient (Wildman–Crippen LogP) is 1.76. The standard InChI is InChI=1S/C18H21FN4O/c19-16-5-3-15(4-6-16)18-17(2-1-7-21-18)23-12-10-22(11-13-23)9-8-20-14-24/h1-7,14H,8-13H2,(H,20,24). The number of rotatable bonds is 6. The number of carbonyl (C=O) groups excluding carboxylic acids is 1. The summed E-state index contributed by atoms with van der Waals surface area (Å²) in [6.45, 7) is 5.24. The van der Waals surface area contributed by atoms with E-state index in [0.29, 0.717) is 6.54 Å². The molecule has 1 aliphatic rings. The van der Waals surface area contributed by atoms with Gasteiger partial charge in [0, 0.05) is 51.0 Å². The molecule has 0 saturated carbocycles. The fourth-order valence-electron chi connectivity index (χ4n) is 2.98. The van der Waals surface area contributed by atoms with E-state index < -0.39 is 0 Å². The Balaban J connectivity index is 1.70. The highest BCUT2D eigenvalue weighted by molar-refractivity contribution is 5.75. The van der Waals surface area contributed by atoms with Crippen molar-refractivity contribution in [3.8, 4) is 11.3 Å². The summed E-state index contributed by atoms with van der Waals surface area (Å²) in [4.78, 5) is 19.5. The van der Waals surface area contributed by atoms with Gasteiger partial charge in [0.2, 0.25) is 6.41 Å². The Bertz CT molecular complexity index is 669. The molecule has 2 heterocycles. The number of hydrogen-bond donors (Lipinski definition) is 1. The van der Waals surface area contributed by atoms with Crippen molar-refractivity contribution < 1.29 is 9.18 Å². The number of nitrogens with one attached hydrogen (secondary N) is 1. The minimum Gasteiger partial charge on any atom is -0.367 e. The molecule has 1 N–H and O–H groups in total. The molecule has 0 radical (unpaired) electrons. The van der Waals surface area contributed by atoms with E-state index in [0.717, 1.165) is 56.1 Å². The number of anilines is 1. The zero-order valence-electron chi connectivity index (χ0n) is 13.5. The summed E-state index contributed by atoms with van der Waals surface area (Å²) in [6, 6.07) is 10.5. The average Bonchev–Trinajstić information content (AvgIpc) is 2.63. The Morgan fingerprint density at radius 1 is 1.12 bits per heavy atom. The summed E-state index contributed by atoms with van der Waals surface area (Å²) in [7, 11) is 0. The lowest BCUT2D eigenvalue weighted by atomic mass is 10.1. The number of piperazine rings is 1. The molecule has 1 aliphatic heterocycles. The molecule has 1 amide bonds. The maximum atomic E-state index is 13.2. The molecule has 0 spiro atoms. The molecule has 0 bridgehead atoms. The van der Waals surface area contributed by atoms with Gasteiger partial charge in [0.25, 0.3) is 0 Å². The lowest BCUT2D eigenvalue weighted by molar-refractivity contribution is -0.109. The largest absolute Gasteiger partial charge is 0.367 e. The molecular formula is C18H21FN4O. The van der Waals surface area contributed by atoms with Crippen LogP contribution < -0.4 is 10.2 Å². The van der Waals surface area contributed by atoms with Crippen molar-refractivity contribution in [1.29, 1.82) is 0 Å². The normalized spacial score (nSPS) is 15.3. The van der Waals surface area contributed by atoms with Crippen LogP contribution in [0.3, 0.4) is 0 Å². The van der Waals surface area contributed by atoms with Crippen LogP contribution in [0, 0.1) is 5.82 Å². The molecule has 126 valence electrons. The monoisotopic (exact) mass is 328 g/mol. The van der Waals surface area contributed by atoms with Gasteiger partial charge in [0.1, 0.15) is 5.82 Å². The maximum absolute atomic E-state index is 13.2. The number of aromatic nitrogens is 1. The molecular weight excluding hydrogens is 307 g/mol. The topological polar surface area (TPSA) is 48.5 Å². The quantitative estimate of drug-likeness (QED) is 0.648. The van der Waals surface area contributed by atoms with E-state index in [1.54, 1.807) is 18.3 Å². The van der Waals surface area contributed by atoms with Crippen LogP contribution in [-0.2, 0) is 4.79 Å². The van der Waals surface area contributed by atoms with Gasteiger partial charge < -0.3 is 10.2 Å². The SMILES string of the molecule is O=CNCCN1CCN(c2cccnc2-c2ccc(F)cc2)CC1. The number of halogens is 1. The van der Waals surface area contributed by atoms with Gasteiger partial charge in [0.15, 0.2) is 0 Å². The van der Waals surface area contributed by atoms with Crippen molar-refractivity contribution in [3.05, 3.63) is 48.4 Å². The first kappa shape index (κ1) is 16.4. The van der Waals surface area contributed by atoms with Crippen molar-refractivity contribution in [2.24, 2.45) is 0 Å². The zero-order chi connectivity index (χ0) is 16.8. The van der Waals surface area contributed by atoms with Crippen molar-refractivity contribution in [1.82, 2.24) is 15.2 Å². The first-order chi connectivity index (χ1) is 11.8. The summed E-state index contributed by atoms with van der Waals surface area (Å²) < 4.78 is 13.2. The second-order valence-corrected chi connectivity index (χ2v) is 5.78. The summed E-state index contributed by atoms with van der Waals surface area (Å²) in [5.41, 5.74) is 2.88. The van der Waals surface area contributed by atoms with Gasteiger partial charge in [-0.1, -0.05) is 0 Å². The Morgan fingerprint density at radius 3 is 2.58 bits per heavy atom. The van der Waals surface area contributed by atoms with Crippen LogP contribution >= 0.6 is 0 Å². The van der Waals surface area contributed by atoms with E-state index in [1.165, 1.54) is 12.1 Å². The highest BCUT2D eigenvalue weighted by Gasteiger charge is 2.19. The third-order valence-electron chi connectivity index (χ3n) is 4.27. The molecule has 24 heavy (non-hydrogen) atoms. The Hall–Kier alpha value is -2.47. The summed E-state index contributed by atoms with van der Waals surface area (Å²) in [6.07, 6.45) is 2.50. The minimum atomic E-state index is -0.242. The van der Waals surface area contributed by atoms with E-state index in [1.807, 2.05) is 6.07 Å². The van der Waals surface area contributed by atoms with Gasteiger partial charge in [0.05, 0.1) is 11.4 Å². The highest BCUT2D eigenvalue weighted by Crippen LogP contribution is 2.29. The summed E-state index contributed by atoms with van der Waals surface area (Å²) in [5, 5.41) is 2.70. The first-order valence-corrected chi connectivity index (χ1v) is 8.13. The van der Waals surface area contributed by atoms with Crippen LogP contribution in [0.5, 0.6) is 0 Å². The number of benzene rings is 1. The van der Waals surface area contributed by atoms with Gasteiger partial charge in [-0.25, -0.2) is 4.39 Å². The van der Waals surface area contributed by atoms with Crippen LogP contribution in [0.15, 0.2) is 42.6 Å². The summed E-state index contributed by atoms with van der Waals surface area (Å²) in [5.74, 6) is -0.242. The lowest BCUT2D eigenvalue weighted by Gasteiger charge is -2.36. The van der Waals surface area contributed by atoms with Crippen molar-refractivity contribution >= 4 is 12.1 Å². The molecule has 3 rings (SSSR count). The second kappa shape index (κ2) is 7.88. The van der Waals surface area contributed by atoms with Gasteiger partial charge in [-0.2, -0.15) is 0 Å². The Labute approximate surface area is 141 Å². The van der Waals surface area contributed by atoms with Gasteiger partial charge in [-0.3, -0.25) is 14.7 Å². The third-order valence-corrected chi connectivity index (χ3v) is 4.27. The smallest absolute Gasteiger partial charge is 0.207 e. The number of pyridine rings is 1. The summed E-state index contributed by atoms with van der Waals surface area (Å²) >= 11 is 0. The van der Waals surface area contributed by atoms with Crippen LogP contribution in [-0.4, -0.2) is 55.6 Å². The maximum Gasteiger partial charge on any atom is 0.207 e. The lowest BCUT2D eigenvalue weighted by Crippen LogP contribution is -2.48. The first-order valence-electron chi connectivity index (χ1n) is 8.13. The number of hydrogen-bond acceptors (Lipinski definition) is 4. The minimum absolute atomic E-state index is 0.242. The van der Waals surface area contributed by atoms with Crippen LogP contribution in [0.25, 0.3) is 11.3 Å². The fraction of sp³-hybridized carbons (Fsp3) is 0.333. The molecule has 0 aliphatic carbocycles. The molecule has 2 aromatic rings. The van der Waals surface area contributed by atoms with Crippen molar-refractivity contribution in [2.75, 3.05) is 44.2 Å². The van der Waals surface area contributed by atoms with Gasteiger partial charge in [-0.15, -0.1) is 0 Å². The van der Waals surface area contributed by atoms with Crippen molar-refractivity contribution in [2.45, 2.75) is 0 Å². The van der Waals surface area contributed by atoms with E-state index in [2.05, 4.69) is 26.2 Å². The number of nitrogens with zero attached hydrogens (tertiary/aromatic N) is 3. The zero-order valence-corrected chi connectivity index (χ0v) is 13.5. The van der Waals surface area contributed by atoms with Crippen LogP contribution in [0.2, 0.25) is 0 Å². The van der Waals surface area contributed by atoms with Crippen LogP contribution in [0.1, 0.15) is 0 Å². The second-order valence-electron chi connectivity index (χ2n) is 5.78. The molecule has 1 fully saturated rings. The molecule has 1 aromatic heterocycles. The fourth-order valence-corrected chi connectivity index (χ4v) is 2.98. The van der Waals surface area contributed by atoms with Crippen LogP contribution in [0.4, 0.5) is 10.1 Å². The van der Waals surface area contributed by atoms with Gasteiger partial charge in [-0.05, 0) is 36.4 Å². The van der Waals surface area contributed by atoms with E-state index in [9.17, 15) is 9.18 Å². The molecule has 0 atom stereocenters. The average molecular weight is 328 g/mol. The molecule has 6 heteroatoms. The molecule has 1 saturated heterocycles. The Kier molecular flexibility index (Phi) is 5.38. The number of amides is 1. The van der Waals surface area contributed by atoms with Crippen molar-refractivity contribution in [3.63, 3.8) is 0 Å². The third kappa shape index (κ3) is 3.89. The van der Waals surface area contributed by atoms with E-state index >= 15 is 0 Å². The molecule has 0 unspecified atom stereocenters. The molecule has 1 aromatic carbocycles. The van der Waals surface area contributed by atoms with E-state index in [-0.39, 0.29) is 5.82 Å². The molecule has 5 nitrogen and oxygen atoms in total. The van der Waals surface area contributed by atoms with E-state index in [4.69, 9.17) is 0 Å².